The number of primary amides is 1. The SMILES string of the molecule is CC(=O)NCc1ccc(OCC(C)C)cc1.Cc1ccc(CN(C(N)=O)C2CCN(C)CC2)cc1. The van der Waals surface area contributed by atoms with Crippen LogP contribution in [-0.2, 0) is 17.9 Å². The minimum absolute atomic E-state index is 0.0138. The summed E-state index contributed by atoms with van der Waals surface area (Å²) in [5.74, 6) is 1.39. The average molecular weight is 483 g/mol. The van der Waals surface area contributed by atoms with Crippen LogP contribution in [0.5, 0.6) is 5.75 Å². The van der Waals surface area contributed by atoms with Gasteiger partial charge in [0.25, 0.3) is 0 Å². The molecule has 7 nitrogen and oxygen atoms in total. The van der Waals surface area contributed by atoms with Gasteiger partial charge in [0, 0.05) is 26.1 Å². The summed E-state index contributed by atoms with van der Waals surface area (Å²) < 4.78 is 5.56. The minimum atomic E-state index is -0.310. The molecular formula is C28H42N4O3. The average Bonchev–Trinajstić information content (AvgIpc) is 2.82. The standard InChI is InChI=1S/C15H23N3O.C13H19NO2/c1-12-3-5-13(6-4-12)11-18(15(16)19)14-7-9-17(2)10-8-14;1-10(2)9-16-13-6-4-12(5-7-13)8-14-11(3)15/h3-6,14H,7-11H2,1-2H3,(H2,16,19);4-7,10H,8-9H2,1-3H3,(H,14,15). The molecular weight excluding hydrogens is 440 g/mol. The summed E-state index contributed by atoms with van der Waals surface area (Å²) in [4.78, 5) is 26.5. The van der Waals surface area contributed by atoms with Gasteiger partial charge in [-0.1, -0.05) is 55.8 Å². The molecule has 1 fully saturated rings. The molecule has 2 aromatic rings. The van der Waals surface area contributed by atoms with Crippen molar-refractivity contribution in [3.8, 4) is 5.75 Å². The number of piperidine rings is 1. The number of hydrogen-bond donors (Lipinski definition) is 2. The number of nitrogens with one attached hydrogen (secondary N) is 1. The molecule has 0 spiro atoms. The lowest BCUT2D eigenvalue weighted by atomic mass is 10.0. The van der Waals surface area contributed by atoms with Crippen molar-refractivity contribution in [2.75, 3.05) is 26.7 Å². The number of carbonyl (C=O) groups excluding carboxylic acids is 2. The fraction of sp³-hybridized carbons (Fsp3) is 0.500. The van der Waals surface area contributed by atoms with Crippen molar-refractivity contribution in [1.29, 1.82) is 0 Å². The number of hydrogen-bond acceptors (Lipinski definition) is 4. The highest BCUT2D eigenvalue weighted by molar-refractivity contribution is 5.73. The minimum Gasteiger partial charge on any atom is -0.493 e. The second-order valence-corrected chi connectivity index (χ2v) is 9.74. The Morgan fingerprint density at radius 2 is 1.63 bits per heavy atom. The van der Waals surface area contributed by atoms with Crippen LogP contribution < -0.4 is 15.8 Å². The van der Waals surface area contributed by atoms with Crippen LogP contribution in [0, 0.1) is 12.8 Å². The lowest BCUT2D eigenvalue weighted by Gasteiger charge is -2.36. The van der Waals surface area contributed by atoms with E-state index in [1.54, 1.807) is 0 Å². The molecule has 3 amide bonds. The van der Waals surface area contributed by atoms with E-state index in [0.717, 1.165) is 49.4 Å². The zero-order valence-electron chi connectivity index (χ0n) is 21.9. The molecule has 0 bridgehead atoms. The van der Waals surface area contributed by atoms with Crippen molar-refractivity contribution >= 4 is 11.9 Å². The molecule has 3 rings (SSSR count). The summed E-state index contributed by atoms with van der Waals surface area (Å²) in [6.45, 7) is 11.8. The van der Waals surface area contributed by atoms with Gasteiger partial charge < -0.3 is 25.6 Å². The number of amides is 3. The molecule has 1 aliphatic rings. The van der Waals surface area contributed by atoms with Crippen molar-refractivity contribution in [2.24, 2.45) is 11.7 Å². The largest absolute Gasteiger partial charge is 0.493 e. The molecule has 0 aliphatic carbocycles. The Morgan fingerprint density at radius 3 is 2.14 bits per heavy atom. The summed E-state index contributed by atoms with van der Waals surface area (Å²) in [6, 6.07) is 16.0. The molecule has 0 aromatic heterocycles. The predicted octanol–water partition coefficient (Wildman–Crippen LogP) is 4.33. The van der Waals surface area contributed by atoms with Gasteiger partial charge in [-0.05, 0) is 69.1 Å². The first kappa shape index (κ1) is 28.2. The van der Waals surface area contributed by atoms with Crippen molar-refractivity contribution in [3.05, 3.63) is 65.2 Å². The third kappa shape index (κ3) is 10.8. The highest BCUT2D eigenvalue weighted by atomic mass is 16.5. The Hall–Kier alpha value is -3.06. The second kappa shape index (κ2) is 14.4. The topological polar surface area (TPSA) is 87.9 Å². The highest BCUT2D eigenvalue weighted by Crippen LogP contribution is 2.18. The van der Waals surface area contributed by atoms with Crippen molar-refractivity contribution < 1.29 is 14.3 Å². The first-order valence-electron chi connectivity index (χ1n) is 12.4. The van der Waals surface area contributed by atoms with Crippen LogP contribution in [0.3, 0.4) is 0 Å². The molecule has 2 aromatic carbocycles. The predicted molar refractivity (Wildman–Crippen MR) is 141 cm³/mol. The van der Waals surface area contributed by atoms with Crippen LogP contribution in [0.4, 0.5) is 4.79 Å². The summed E-state index contributed by atoms with van der Waals surface area (Å²) in [6.07, 6.45) is 2.01. The van der Waals surface area contributed by atoms with Gasteiger partial charge in [0.1, 0.15) is 5.75 Å². The first-order chi connectivity index (χ1) is 16.6. The smallest absolute Gasteiger partial charge is 0.315 e. The second-order valence-electron chi connectivity index (χ2n) is 9.74. The van der Waals surface area contributed by atoms with Gasteiger partial charge in [-0.3, -0.25) is 4.79 Å². The highest BCUT2D eigenvalue weighted by Gasteiger charge is 2.25. The number of carbonyl (C=O) groups is 2. The number of nitrogens with two attached hydrogens (primary N) is 1. The summed E-state index contributed by atoms with van der Waals surface area (Å²) in [5, 5.41) is 2.75. The van der Waals surface area contributed by atoms with Gasteiger partial charge in [-0.25, -0.2) is 4.79 Å². The van der Waals surface area contributed by atoms with Crippen LogP contribution in [-0.4, -0.2) is 54.5 Å². The summed E-state index contributed by atoms with van der Waals surface area (Å²) in [5.41, 5.74) is 9.00. The third-order valence-electron chi connectivity index (χ3n) is 5.93. The lowest BCUT2D eigenvalue weighted by Crippen LogP contribution is -2.48. The summed E-state index contributed by atoms with van der Waals surface area (Å²) >= 11 is 0. The zero-order valence-corrected chi connectivity index (χ0v) is 21.9. The maximum absolute atomic E-state index is 11.7. The van der Waals surface area contributed by atoms with E-state index in [2.05, 4.69) is 62.3 Å². The zero-order chi connectivity index (χ0) is 25.8. The number of benzene rings is 2. The van der Waals surface area contributed by atoms with Crippen molar-refractivity contribution in [1.82, 2.24) is 15.1 Å². The number of aryl methyl sites for hydroxylation is 1. The van der Waals surface area contributed by atoms with Gasteiger partial charge in [0.05, 0.1) is 6.61 Å². The molecule has 7 heteroatoms. The number of rotatable bonds is 8. The van der Waals surface area contributed by atoms with E-state index in [9.17, 15) is 9.59 Å². The number of nitrogens with zero attached hydrogens (tertiary/aromatic N) is 2. The molecule has 0 atom stereocenters. The Bertz CT molecular complexity index is 905. The van der Waals surface area contributed by atoms with Crippen LogP contribution >= 0.6 is 0 Å². The van der Waals surface area contributed by atoms with Crippen LogP contribution in [0.1, 0.15) is 50.3 Å². The molecule has 3 N–H and O–H groups in total. The Labute approximate surface area is 210 Å². The summed E-state index contributed by atoms with van der Waals surface area (Å²) in [7, 11) is 2.12. The van der Waals surface area contributed by atoms with Gasteiger partial charge in [-0.2, -0.15) is 0 Å². The maximum Gasteiger partial charge on any atom is 0.315 e. The van der Waals surface area contributed by atoms with Gasteiger partial charge in [0.15, 0.2) is 0 Å². The van der Waals surface area contributed by atoms with E-state index in [4.69, 9.17) is 10.5 Å². The molecule has 0 radical (unpaired) electrons. The quantitative estimate of drug-likeness (QED) is 0.586. The number of ether oxygens (including phenoxy) is 1. The van der Waals surface area contributed by atoms with Crippen molar-refractivity contribution in [3.63, 3.8) is 0 Å². The molecule has 0 saturated carbocycles. The van der Waals surface area contributed by atoms with Crippen LogP contribution in [0.15, 0.2) is 48.5 Å². The Morgan fingerprint density at radius 1 is 1.06 bits per heavy atom. The van der Waals surface area contributed by atoms with E-state index in [0.29, 0.717) is 19.0 Å². The fourth-order valence-electron chi connectivity index (χ4n) is 3.78. The monoisotopic (exact) mass is 482 g/mol. The number of urea groups is 1. The molecule has 35 heavy (non-hydrogen) atoms. The molecule has 192 valence electrons. The van der Waals surface area contributed by atoms with E-state index in [-0.39, 0.29) is 18.0 Å². The number of likely N-dealkylation sites (tertiary alicyclic amines) is 1. The van der Waals surface area contributed by atoms with Crippen LogP contribution in [0.2, 0.25) is 0 Å². The first-order valence-corrected chi connectivity index (χ1v) is 12.4. The van der Waals surface area contributed by atoms with E-state index in [1.807, 2.05) is 29.2 Å². The Balaban J connectivity index is 0.000000251. The molecule has 1 saturated heterocycles. The van der Waals surface area contributed by atoms with E-state index in [1.165, 1.54) is 12.5 Å². The Kier molecular flexibility index (Phi) is 11.6. The molecule has 0 unspecified atom stereocenters. The van der Waals surface area contributed by atoms with Gasteiger partial charge >= 0.3 is 6.03 Å². The van der Waals surface area contributed by atoms with E-state index >= 15 is 0 Å². The maximum atomic E-state index is 11.7. The van der Waals surface area contributed by atoms with Gasteiger partial charge in [0.2, 0.25) is 5.91 Å². The molecule has 1 aliphatic heterocycles. The molecule has 1 heterocycles. The fourth-order valence-corrected chi connectivity index (χ4v) is 3.78. The van der Waals surface area contributed by atoms with Crippen molar-refractivity contribution in [2.45, 2.75) is 59.7 Å². The van der Waals surface area contributed by atoms with Gasteiger partial charge in [-0.15, -0.1) is 0 Å². The third-order valence-corrected chi connectivity index (χ3v) is 5.93. The van der Waals surface area contributed by atoms with E-state index < -0.39 is 0 Å². The van der Waals surface area contributed by atoms with Crippen LogP contribution in [0.25, 0.3) is 0 Å². The lowest BCUT2D eigenvalue weighted by molar-refractivity contribution is -0.119. The normalized spacial score (nSPS) is 14.1.